The lowest BCUT2D eigenvalue weighted by atomic mass is 9.87. The number of nitrogens with two attached hydrogens (primary N) is 1. The molecule has 0 bridgehead atoms. The SMILES string of the molecule is N[C@@H]1C(=O)N2C(C(=O)O)=CCC[C@@H]12. The molecule has 0 aromatic rings. The molecule has 5 nitrogen and oxygen atoms in total. The molecule has 1 fully saturated rings. The second-order valence-corrected chi connectivity index (χ2v) is 3.27. The highest BCUT2D eigenvalue weighted by molar-refractivity contribution is 5.99. The third kappa shape index (κ3) is 0.968. The molecule has 2 atom stereocenters. The standard InChI is InChI=1S/C8H10N2O3/c9-6-4-2-1-3-5(8(12)13)10(4)7(6)11/h3-4,6H,1-2,9H2,(H,12,13)/t4-,6-/m0/s1. The lowest BCUT2D eigenvalue weighted by Gasteiger charge is -2.47. The van der Waals surface area contributed by atoms with E-state index in [0.29, 0.717) is 6.42 Å². The number of fused-ring (bicyclic) bond motifs is 1. The highest BCUT2D eigenvalue weighted by atomic mass is 16.4. The van der Waals surface area contributed by atoms with Gasteiger partial charge in [-0.3, -0.25) is 9.69 Å². The fourth-order valence-electron chi connectivity index (χ4n) is 1.85. The number of carboxylic acids is 1. The minimum Gasteiger partial charge on any atom is -0.477 e. The van der Waals surface area contributed by atoms with Crippen molar-refractivity contribution in [3.63, 3.8) is 0 Å². The number of hydrogen-bond donors (Lipinski definition) is 2. The topological polar surface area (TPSA) is 83.6 Å². The van der Waals surface area contributed by atoms with Crippen LogP contribution in [0.15, 0.2) is 11.8 Å². The summed E-state index contributed by atoms with van der Waals surface area (Å²) in [6.07, 6.45) is 3.02. The largest absolute Gasteiger partial charge is 0.477 e. The molecule has 0 unspecified atom stereocenters. The first-order chi connectivity index (χ1) is 6.13. The summed E-state index contributed by atoms with van der Waals surface area (Å²) < 4.78 is 0. The molecule has 0 aromatic heterocycles. The Bertz CT molecular complexity index is 311. The van der Waals surface area contributed by atoms with Gasteiger partial charge in [-0.2, -0.15) is 0 Å². The van der Waals surface area contributed by atoms with Gasteiger partial charge >= 0.3 is 5.97 Å². The predicted molar refractivity (Wildman–Crippen MR) is 43.6 cm³/mol. The van der Waals surface area contributed by atoms with Crippen LogP contribution in [0.5, 0.6) is 0 Å². The van der Waals surface area contributed by atoms with Crippen molar-refractivity contribution < 1.29 is 14.7 Å². The molecular weight excluding hydrogens is 172 g/mol. The fraction of sp³-hybridized carbons (Fsp3) is 0.500. The summed E-state index contributed by atoms with van der Waals surface area (Å²) in [4.78, 5) is 23.2. The van der Waals surface area contributed by atoms with Gasteiger partial charge in [0.15, 0.2) is 0 Å². The van der Waals surface area contributed by atoms with Gasteiger partial charge in [-0.25, -0.2) is 4.79 Å². The predicted octanol–water partition coefficient (Wildman–Crippen LogP) is -0.713. The normalized spacial score (nSPS) is 31.9. The van der Waals surface area contributed by atoms with Crippen molar-refractivity contribution in [2.24, 2.45) is 5.73 Å². The van der Waals surface area contributed by atoms with Crippen molar-refractivity contribution in [1.82, 2.24) is 4.90 Å². The first-order valence-electron chi connectivity index (χ1n) is 4.15. The molecule has 0 spiro atoms. The summed E-state index contributed by atoms with van der Waals surface area (Å²) in [6.45, 7) is 0. The summed E-state index contributed by atoms with van der Waals surface area (Å²) in [5.74, 6) is -1.33. The van der Waals surface area contributed by atoms with Gasteiger partial charge in [0, 0.05) is 0 Å². The first-order valence-corrected chi connectivity index (χ1v) is 4.15. The third-order valence-electron chi connectivity index (χ3n) is 2.55. The van der Waals surface area contributed by atoms with Crippen LogP contribution in [-0.4, -0.2) is 34.0 Å². The second kappa shape index (κ2) is 2.56. The number of allylic oxidation sites excluding steroid dienone is 1. The maximum atomic E-state index is 11.2. The highest BCUT2D eigenvalue weighted by Crippen LogP contribution is 2.31. The molecule has 2 aliphatic heterocycles. The zero-order valence-corrected chi connectivity index (χ0v) is 6.93. The molecule has 5 heteroatoms. The number of carbonyl (C=O) groups excluding carboxylic acids is 1. The summed E-state index contributed by atoms with van der Waals surface area (Å²) in [6, 6.07) is -0.591. The molecule has 0 aromatic carbocycles. The van der Waals surface area contributed by atoms with E-state index in [1.54, 1.807) is 6.08 Å². The monoisotopic (exact) mass is 182 g/mol. The van der Waals surface area contributed by atoms with Crippen molar-refractivity contribution in [3.05, 3.63) is 11.8 Å². The van der Waals surface area contributed by atoms with E-state index < -0.39 is 12.0 Å². The van der Waals surface area contributed by atoms with Crippen molar-refractivity contribution in [2.75, 3.05) is 0 Å². The van der Waals surface area contributed by atoms with E-state index in [0.717, 1.165) is 6.42 Å². The van der Waals surface area contributed by atoms with Crippen molar-refractivity contribution in [3.8, 4) is 0 Å². The first kappa shape index (κ1) is 8.25. The quantitative estimate of drug-likeness (QED) is 0.524. The van der Waals surface area contributed by atoms with Crippen LogP contribution in [0.1, 0.15) is 12.8 Å². The number of hydrogen-bond acceptors (Lipinski definition) is 3. The molecule has 2 aliphatic rings. The lowest BCUT2D eigenvalue weighted by Crippen LogP contribution is -2.69. The Kier molecular flexibility index (Phi) is 1.63. The van der Waals surface area contributed by atoms with Crippen molar-refractivity contribution in [2.45, 2.75) is 24.9 Å². The van der Waals surface area contributed by atoms with Crippen LogP contribution in [0.4, 0.5) is 0 Å². The third-order valence-corrected chi connectivity index (χ3v) is 2.55. The van der Waals surface area contributed by atoms with Gasteiger partial charge in [0.25, 0.3) is 0 Å². The average molecular weight is 182 g/mol. The molecule has 1 amide bonds. The number of β-lactam (4-membered cyclic amide) rings is 1. The molecule has 2 rings (SSSR count). The van der Waals surface area contributed by atoms with Crippen LogP contribution < -0.4 is 5.73 Å². The van der Waals surface area contributed by atoms with Gasteiger partial charge in [-0.15, -0.1) is 0 Å². The smallest absolute Gasteiger partial charge is 0.352 e. The highest BCUT2D eigenvalue weighted by Gasteiger charge is 2.49. The molecule has 13 heavy (non-hydrogen) atoms. The van der Waals surface area contributed by atoms with Crippen molar-refractivity contribution >= 4 is 11.9 Å². The van der Waals surface area contributed by atoms with E-state index in [4.69, 9.17) is 10.8 Å². The number of aliphatic carboxylic acids is 1. The maximum Gasteiger partial charge on any atom is 0.352 e. The zero-order chi connectivity index (χ0) is 9.59. The van der Waals surface area contributed by atoms with Crippen LogP contribution in [0, 0.1) is 0 Å². The Morgan fingerprint density at radius 2 is 2.38 bits per heavy atom. The summed E-state index contributed by atoms with van der Waals surface area (Å²) in [7, 11) is 0. The molecule has 2 heterocycles. The number of carbonyl (C=O) groups is 2. The molecule has 0 radical (unpaired) electrons. The number of carboxylic acid groups (broad SMARTS) is 1. The Morgan fingerprint density at radius 1 is 1.69 bits per heavy atom. The zero-order valence-electron chi connectivity index (χ0n) is 6.93. The van der Waals surface area contributed by atoms with Gasteiger partial charge in [0.05, 0.1) is 6.04 Å². The summed E-state index contributed by atoms with van der Waals surface area (Å²) in [5.41, 5.74) is 5.61. The average Bonchev–Trinajstić information content (AvgIpc) is 2.15. The van der Waals surface area contributed by atoms with Gasteiger partial charge in [-0.1, -0.05) is 6.08 Å². The maximum absolute atomic E-state index is 11.2. The fourth-order valence-corrected chi connectivity index (χ4v) is 1.85. The lowest BCUT2D eigenvalue weighted by molar-refractivity contribution is -0.152. The Labute approximate surface area is 74.8 Å². The minimum absolute atomic E-state index is 0.0861. The van der Waals surface area contributed by atoms with E-state index in [1.807, 2.05) is 0 Å². The van der Waals surface area contributed by atoms with Crippen LogP contribution in [0.25, 0.3) is 0 Å². The number of amides is 1. The van der Waals surface area contributed by atoms with Crippen LogP contribution in [-0.2, 0) is 9.59 Å². The molecule has 3 N–H and O–H groups in total. The van der Waals surface area contributed by atoms with Gasteiger partial charge in [-0.05, 0) is 12.8 Å². The van der Waals surface area contributed by atoms with E-state index in [1.165, 1.54) is 4.90 Å². The molecule has 1 saturated heterocycles. The van der Waals surface area contributed by atoms with Crippen LogP contribution >= 0.6 is 0 Å². The Morgan fingerprint density at radius 3 is 3.00 bits per heavy atom. The van der Waals surface area contributed by atoms with Gasteiger partial charge in [0.2, 0.25) is 5.91 Å². The van der Waals surface area contributed by atoms with E-state index in [9.17, 15) is 9.59 Å². The van der Waals surface area contributed by atoms with E-state index >= 15 is 0 Å². The summed E-state index contributed by atoms with van der Waals surface area (Å²) >= 11 is 0. The van der Waals surface area contributed by atoms with Gasteiger partial charge < -0.3 is 10.8 Å². The van der Waals surface area contributed by atoms with Crippen molar-refractivity contribution in [1.29, 1.82) is 0 Å². The molecular formula is C8H10N2O3. The Balaban J connectivity index is 2.27. The summed E-state index contributed by atoms with van der Waals surface area (Å²) in [5, 5.41) is 8.76. The number of nitrogens with zero attached hydrogens (tertiary/aromatic N) is 1. The minimum atomic E-state index is -1.05. The Hall–Kier alpha value is -1.36. The van der Waals surface area contributed by atoms with Gasteiger partial charge in [0.1, 0.15) is 11.7 Å². The van der Waals surface area contributed by atoms with Crippen LogP contribution in [0.3, 0.4) is 0 Å². The molecule has 0 aliphatic carbocycles. The molecule has 0 saturated carbocycles. The number of rotatable bonds is 1. The van der Waals surface area contributed by atoms with E-state index in [-0.39, 0.29) is 17.6 Å². The molecule has 70 valence electrons. The second-order valence-electron chi connectivity index (χ2n) is 3.27. The van der Waals surface area contributed by atoms with Crippen LogP contribution in [0.2, 0.25) is 0 Å². The van der Waals surface area contributed by atoms with E-state index in [2.05, 4.69) is 0 Å².